The van der Waals surface area contributed by atoms with Crippen LogP contribution in [-0.4, -0.2) is 28.2 Å². The third kappa shape index (κ3) is 5.02. The second kappa shape index (κ2) is 9.36. The minimum Gasteiger partial charge on any atom is -0.392 e. The van der Waals surface area contributed by atoms with Crippen molar-refractivity contribution in [2.45, 2.75) is 44.8 Å². The molecule has 0 saturated heterocycles. The number of rotatable bonds is 9. The normalized spacial score (nSPS) is 14.8. The lowest BCUT2D eigenvalue weighted by Crippen LogP contribution is -2.38. The minimum atomic E-state index is -0.862. The van der Waals surface area contributed by atoms with Crippen LogP contribution in [0, 0.1) is 5.92 Å². The first-order valence-corrected chi connectivity index (χ1v) is 8.62. The summed E-state index contributed by atoms with van der Waals surface area (Å²) in [6.45, 7) is 1.96. The largest absolute Gasteiger partial charge is 0.392 e. The van der Waals surface area contributed by atoms with Crippen molar-refractivity contribution >= 4 is 5.78 Å². The number of aryl methyl sites for hydroxylation is 1. The summed E-state index contributed by atoms with van der Waals surface area (Å²) in [5.41, 5.74) is 1.66. The predicted octanol–water partition coefficient (Wildman–Crippen LogP) is 3.64. The molecule has 0 aromatic heterocycles. The molecule has 0 saturated carbocycles. The molecule has 0 radical (unpaired) electrons. The molecule has 0 spiro atoms. The number of aliphatic hydroxyl groups excluding tert-OH is 2. The van der Waals surface area contributed by atoms with Gasteiger partial charge < -0.3 is 10.2 Å². The number of hydrogen-bond acceptors (Lipinski definition) is 3. The Kier molecular flexibility index (Phi) is 7.16. The molecular formula is C21H26O3. The fourth-order valence-electron chi connectivity index (χ4n) is 3.01. The Balaban J connectivity index is 2.11. The van der Waals surface area contributed by atoms with Crippen molar-refractivity contribution in [1.82, 2.24) is 0 Å². The van der Waals surface area contributed by atoms with Gasteiger partial charge in [0, 0.05) is 5.56 Å². The van der Waals surface area contributed by atoms with Gasteiger partial charge >= 0.3 is 0 Å². The number of carbonyl (C=O) groups is 1. The lowest BCUT2D eigenvalue weighted by atomic mass is 9.83. The van der Waals surface area contributed by atoms with Crippen molar-refractivity contribution in [3.63, 3.8) is 0 Å². The number of Topliss-reactive ketones (excluding diaryl/α,β-unsaturated/α-hetero) is 1. The van der Waals surface area contributed by atoms with E-state index in [2.05, 4.69) is 0 Å². The van der Waals surface area contributed by atoms with Crippen molar-refractivity contribution in [3.8, 4) is 0 Å². The molecule has 0 heterocycles. The van der Waals surface area contributed by atoms with E-state index in [1.165, 1.54) is 0 Å². The van der Waals surface area contributed by atoms with Crippen LogP contribution in [-0.2, 0) is 6.42 Å². The first-order chi connectivity index (χ1) is 11.6. The molecule has 128 valence electrons. The van der Waals surface area contributed by atoms with Gasteiger partial charge in [-0.05, 0) is 24.8 Å². The maximum absolute atomic E-state index is 12.8. The average Bonchev–Trinajstić information content (AvgIpc) is 2.62. The number of carbonyl (C=O) groups excluding carboxylic acids is 1. The lowest BCUT2D eigenvalue weighted by Gasteiger charge is -2.26. The molecule has 2 N–H and O–H groups in total. The molecule has 3 nitrogen and oxygen atoms in total. The van der Waals surface area contributed by atoms with Gasteiger partial charge in [-0.1, -0.05) is 74.0 Å². The molecule has 0 aliphatic heterocycles. The monoisotopic (exact) mass is 326 g/mol. The summed E-state index contributed by atoms with van der Waals surface area (Å²) in [6, 6.07) is 18.8. The zero-order valence-corrected chi connectivity index (χ0v) is 14.1. The van der Waals surface area contributed by atoms with E-state index in [1.54, 1.807) is 24.3 Å². The zero-order valence-electron chi connectivity index (χ0n) is 14.1. The van der Waals surface area contributed by atoms with Crippen LogP contribution in [0.15, 0.2) is 60.7 Å². The van der Waals surface area contributed by atoms with Crippen LogP contribution in [0.1, 0.15) is 42.1 Å². The summed E-state index contributed by atoms with van der Waals surface area (Å²) < 4.78 is 0. The molecular weight excluding hydrogens is 300 g/mol. The van der Waals surface area contributed by atoms with E-state index < -0.39 is 18.1 Å². The molecule has 0 unspecified atom stereocenters. The van der Waals surface area contributed by atoms with Crippen LogP contribution in [0.3, 0.4) is 0 Å². The maximum atomic E-state index is 12.8. The molecule has 24 heavy (non-hydrogen) atoms. The number of ketones is 1. The topological polar surface area (TPSA) is 57.5 Å². The number of aliphatic hydroxyl groups is 2. The second-order valence-corrected chi connectivity index (χ2v) is 6.20. The summed E-state index contributed by atoms with van der Waals surface area (Å²) in [5.74, 6) is -0.965. The molecule has 2 aromatic rings. The smallest absolute Gasteiger partial charge is 0.171 e. The van der Waals surface area contributed by atoms with Gasteiger partial charge in [0.1, 0.15) is 0 Å². The van der Waals surface area contributed by atoms with E-state index in [1.807, 2.05) is 43.3 Å². The van der Waals surface area contributed by atoms with E-state index in [4.69, 9.17) is 0 Å². The molecule has 0 bridgehead atoms. The molecule has 0 aliphatic rings. The Labute approximate surface area is 144 Å². The summed E-state index contributed by atoms with van der Waals surface area (Å²) >= 11 is 0. The highest BCUT2D eigenvalue weighted by atomic mass is 16.3. The highest BCUT2D eigenvalue weighted by molar-refractivity contribution is 5.98. The Hall–Kier alpha value is -1.97. The van der Waals surface area contributed by atoms with E-state index >= 15 is 0 Å². The van der Waals surface area contributed by atoms with Gasteiger partial charge in [-0.3, -0.25) is 4.79 Å². The van der Waals surface area contributed by atoms with Crippen molar-refractivity contribution in [3.05, 3.63) is 71.8 Å². The van der Waals surface area contributed by atoms with Crippen molar-refractivity contribution in [2.75, 3.05) is 0 Å². The maximum Gasteiger partial charge on any atom is 0.171 e. The Morgan fingerprint density at radius 1 is 0.875 bits per heavy atom. The first-order valence-electron chi connectivity index (χ1n) is 8.62. The molecule has 3 atom stereocenters. The fourth-order valence-corrected chi connectivity index (χ4v) is 3.01. The Morgan fingerprint density at radius 3 is 2.00 bits per heavy atom. The van der Waals surface area contributed by atoms with E-state index in [9.17, 15) is 15.0 Å². The van der Waals surface area contributed by atoms with Crippen LogP contribution in [0.2, 0.25) is 0 Å². The van der Waals surface area contributed by atoms with Gasteiger partial charge in [0.2, 0.25) is 0 Å². The van der Waals surface area contributed by atoms with Crippen LogP contribution in [0.4, 0.5) is 0 Å². The summed E-state index contributed by atoms with van der Waals surface area (Å²) in [7, 11) is 0. The molecule has 2 aromatic carbocycles. The molecule has 0 fully saturated rings. The quantitative estimate of drug-likeness (QED) is 0.692. The van der Waals surface area contributed by atoms with Gasteiger partial charge in [-0.2, -0.15) is 0 Å². The highest BCUT2D eigenvalue weighted by Crippen LogP contribution is 2.23. The minimum absolute atomic E-state index is 0.183. The summed E-state index contributed by atoms with van der Waals surface area (Å²) in [6.07, 6.45) is 0.720. The number of benzene rings is 2. The third-order valence-electron chi connectivity index (χ3n) is 4.35. The lowest BCUT2D eigenvalue weighted by molar-refractivity contribution is 0.00997. The molecule has 0 amide bonds. The van der Waals surface area contributed by atoms with E-state index in [0.29, 0.717) is 24.8 Å². The van der Waals surface area contributed by atoms with Gasteiger partial charge in [-0.15, -0.1) is 0 Å². The van der Waals surface area contributed by atoms with Crippen molar-refractivity contribution in [2.24, 2.45) is 5.92 Å². The van der Waals surface area contributed by atoms with Crippen LogP contribution < -0.4 is 0 Å². The van der Waals surface area contributed by atoms with Crippen LogP contribution in [0.25, 0.3) is 0 Å². The van der Waals surface area contributed by atoms with Gasteiger partial charge in [0.25, 0.3) is 0 Å². The second-order valence-electron chi connectivity index (χ2n) is 6.20. The fraction of sp³-hybridized carbons (Fsp3) is 0.381. The van der Waals surface area contributed by atoms with E-state index in [0.717, 1.165) is 12.0 Å². The average molecular weight is 326 g/mol. The van der Waals surface area contributed by atoms with Crippen molar-refractivity contribution in [1.29, 1.82) is 0 Å². The van der Waals surface area contributed by atoms with Crippen LogP contribution >= 0.6 is 0 Å². The predicted molar refractivity (Wildman–Crippen MR) is 95.9 cm³/mol. The summed E-state index contributed by atoms with van der Waals surface area (Å²) in [5, 5.41) is 21.0. The highest BCUT2D eigenvalue weighted by Gasteiger charge is 2.33. The zero-order chi connectivity index (χ0) is 17.4. The Bertz CT molecular complexity index is 609. The van der Waals surface area contributed by atoms with Gasteiger partial charge in [0.15, 0.2) is 5.78 Å². The third-order valence-corrected chi connectivity index (χ3v) is 4.35. The SMILES string of the molecule is CCC[C@H](O)[C@H](C(=O)c1ccccc1)[C@H](O)CCc1ccccc1. The van der Waals surface area contributed by atoms with Gasteiger partial charge in [0.05, 0.1) is 18.1 Å². The standard InChI is InChI=1S/C21H26O3/c1-2-9-18(22)20(21(24)17-12-7-4-8-13-17)19(23)15-14-16-10-5-3-6-11-16/h3-8,10-13,18-20,22-23H,2,9,14-15H2,1H3/t18-,19+,20-/m0/s1. The van der Waals surface area contributed by atoms with E-state index in [-0.39, 0.29) is 5.78 Å². The number of hydrogen-bond donors (Lipinski definition) is 2. The Morgan fingerprint density at radius 2 is 1.42 bits per heavy atom. The van der Waals surface area contributed by atoms with Crippen LogP contribution in [0.5, 0.6) is 0 Å². The molecule has 2 rings (SSSR count). The summed E-state index contributed by atoms with van der Waals surface area (Å²) in [4.78, 5) is 12.8. The van der Waals surface area contributed by atoms with Crippen molar-refractivity contribution < 1.29 is 15.0 Å². The van der Waals surface area contributed by atoms with Gasteiger partial charge in [-0.25, -0.2) is 0 Å². The molecule has 0 aliphatic carbocycles. The first kappa shape index (κ1) is 18.4. The molecule has 3 heteroatoms.